The molecule has 0 unspecified atom stereocenters. The maximum atomic E-state index is 11.7. The van der Waals surface area contributed by atoms with Crippen molar-refractivity contribution in [1.82, 2.24) is 4.90 Å². The maximum absolute atomic E-state index is 11.7. The molecule has 0 radical (unpaired) electrons. The second-order valence-electron chi connectivity index (χ2n) is 3.70. The summed E-state index contributed by atoms with van der Waals surface area (Å²) in [6.07, 6.45) is 0.281. The lowest BCUT2D eigenvalue weighted by Gasteiger charge is -2.15. The smallest absolute Gasteiger partial charge is 0.421 e. The average molecular weight is 261 g/mol. The number of cyclic esters (lactones) is 1. The van der Waals surface area contributed by atoms with Gasteiger partial charge in [0, 0.05) is 6.08 Å². The van der Waals surface area contributed by atoms with Gasteiger partial charge in [0.05, 0.1) is 12.8 Å². The Hall–Kier alpha value is -2.63. The Morgan fingerprint density at radius 3 is 2.53 bits per heavy atom. The molecule has 6 nitrogen and oxygen atoms in total. The summed E-state index contributed by atoms with van der Waals surface area (Å²) in [4.78, 5) is 35.4. The summed E-state index contributed by atoms with van der Waals surface area (Å²) in [7, 11) is 1.21. The van der Waals surface area contributed by atoms with Crippen molar-refractivity contribution < 1.29 is 23.9 Å². The van der Waals surface area contributed by atoms with Gasteiger partial charge in [0.2, 0.25) is 0 Å². The third-order valence-electron chi connectivity index (χ3n) is 2.52. The first kappa shape index (κ1) is 12.8. The Morgan fingerprint density at radius 1 is 1.32 bits per heavy atom. The number of rotatable bonds is 3. The Morgan fingerprint density at radius 2 is 2.00 bits per heavy atom. The molecule has 1 aromatic rings. The van der Waals surface area contributed by atoms with Gasteiger partial charge in [0.1, 0.15) is 0 Å². The summed E-state index contributed by atoms with van der Waals surface area (Å²) in [5.74, 6) is -1.18. The van der Waals surface area contributed by atoms with E-state index in [0.717, 1.165) is 11.0 Å². The number of esters is 1. The third-order valence-corrected chi connectivity index (χ3v) is 2.52. The number of nitrogens with zero attached hydrogens (tertiary/aromatic N) is 1. The fraction of sp³-hybridized carbons (Fsp3) is 0.154. The topological polar surface area (TPSA) is 72.9 Å². The molecule has 0 saturated carbocycles. The zero-order valence-corrected chi connectivity index (χ0v) is 10.2. The SMILES string of the molecule is COC(=O)/C=C(/c1ccccc1)N1C(=O)COC1=O. The molecular weight excluding hydrogens is 250 g/mol. The zero-order chi connectivity index (χ0) is 13.8. The first-order valence-electron chi connectivity index (χ1n) is 5.48. The summed E-state index contributed by atoms with van der Waals surface area (Å²) in [6, 6.07) is 8.59. The molecule has 6 heteroatoms. The van der Waals surface area contributed by atoms with E-state index in [4.69, 9.17) is 0 Å². The largest absolute Gasteiger partial charge is 0.466 e. The number of hydrogen-bond donors (Lipinski definition) is 0. The van der Waals surface area contributed by atoms with Crippen LogP contribution in [0.3, 0.4) is 0 Å². The van der Waals surface area contributed by atoms with Crippen LogP contribution in [0.5, 0.6) is 0 Å². The van der Waals surface area contributed by atoms with E-state index in [9.17, 15) is 14.4 Å². The Labute approximate surface area is 109 Å². The van der Waals surface area contributed by atoms with Crippen molar-refractivity contribution in [2.75, 3.05) is 13.7 Å². The van der Waals surface area contributed by atoms with E-state index in [1.54, 1.807) is 30.3 Å². The minimum atomic E-state index is -0.802. The molecule has 2 rings (SSSR count). The summed E-state index contributed by atoms with van der Waals surface area (Å²) in [6.45, 7) is -0.329. The highest BCUT2D eigenvalue weighted by atomic mass is 16.6. The van der Waals surface area contributed by atoms with Crippen molar-refractivity contribution in [2.24, 2.45) is 0 Å². The van der Waals surface area contributed by atoms with Gasteiger partial charge in [-0.05, 0) is 5.56 Å². The predicted octanol–water partition coefficient (Wildman–Crippen LogP) is 1.18. The maximum Gasteiger partial charge on any atom is 0.421 e. The number of imide groups is 1. The number of carbonyl (C=O) groups is 3. The van der Waals surface area contributed by atoms with Crippen molar-refractivity contribution in [3.05, 3.63) is 42.0 Å². The molecule has 19 heavy (non-hydrogen) atoms. The van der Waals surface area contributed by atoms with Gasteiger partial charge >= 0.3 is 12.1 Å². The van der Waals surface area contributed by atoms with Crippen molar-refractivity contribution in [3.63, 3.8) is 0 Å². The molecule has 2 amide bonds. The monoisotopic (exact) mass is 261 g/mol. The number of ether oxygens (including phenoxy) is 2. The summed E-state index contributed by atoms with van der Waals surface area (Å²) in [5.41, 5.74) is 0.681. The van der Waals surface area contributed by atoms with Gasteiger partial charge in [0.15, 0.2) is 6.61 Å². The van der Waals surface area contributed by atoms with E-state index in [1.165, 1.54) is 7.11 Å². The average Bonchev–Trinajstić information content (AvgIpc) is 2.76. The lowest BCUT2D eigenvalue weighted by molar-refractivity contribution is -0.134. The summed E-state index contributed by atoms with van der Waals surface area (Å²) in [5, 5.41) is 0. The van der Waals surface area contributed by atoms with Gasteiger partial charge in [-0.25, -0.2) is 14.5 Å². The van der Waals surface area contributed by atoms with Crippen LogP contribution in [-0.2, 0) is 19.1 Å². The van der Waals surface area contributed by atoms with Crippen molar-refractivity contribution in [3.8, 4) is 0 Å². The highest BCUT2D eigenvalue weighted by Crippen LogP contribution is 2.23. The van der Waals surface area contributed by atoms with Gasteiger partial charge in [-0.3, -0.25) is 4.79 Å². The fourth-order valence-corrected chi connectivity index (χ4v) is 1.64. The summed E-state index contributed by atoms with van der Waals surface area (Å²) < 4.78 is 9.17. The first-order valence-corrected chi connectivity index (χ1v) is 5.48. The molecule has 0 aliphatic carbocycles. The quantitative estimate of drug-likeness (QED) is 0.603. The van der Waals surface area contributed by atoms with Crippen LogP contribution in [0.1, 0.15) is 5.56 Å². The number of hydrogen-bond acceptors (Lipinski definition) is 5. The molecule has 0 aromatic heterocycles. The molecule has 0 bridgehead atoms. The van der Waals surface area contributed by atoms with Gasteiger partial charge in [-0.2, -0.15) is 0 Å². The van der Waals surface area contributed by atoms with Crippen molar-refractivity contribution >= 4 is 23.7 Å². The standard InChI is InChI=1S/C13H11NO5/c1-18-12(16)7-10(9-5-3-2-4-6-9)14-11(15)8-19-13(14)17/h2-7H,8H2,1H3/b10-7-. The normalized spacial score (nSPS) is 15.4. The molecule has 1 fully saturated rings. The highest BCUT2D eigenvalue weighted by Gasteiger charge is 2.35. The van der Waals surface area contributed by atoms with E-state index in [-0.39, 0.29) is 12.3 Å². The van der Waals surface area contributed by atoms with E-state index < -0.39 is 18.0 Å². The molecule has 0 N–H and O–H groups in total. The third kappa shape index (κ3) is 2.62. The van der Waals surface area contributed by atoms with Crippen LogP contribution in [-0.4, -0.2) is 36.6 Å². The van der Waals surface area contributed by atoms with Crippen LogP contribution in [0.15, 0.2) is 36.4 Å². The van der Waals surface area contributed by atoms with Crippen LogP contribution in [0.25, 0.3) is 5.70 Å². The molecule has 1 saturated heterocycles. The Balaban J connectivity index is 2.46. The van der Waals surface area contributed by atoms with Crippen molar-refractivity contribution in [2.45, 2.75) is 0 Å². The van der Waals surface area contributed by atoms with Gasteiger partial charge in [0.25, 0.3) is 5.91 Å². The number of amides is 2. The second-order valence-corrected chi connectivity index (χ2v) is 3.70. The van der Waals surface area contributed by atoms with Crippen molar-refractivity contribution in [1.29, 1.82) is 0 Å². The molecule has 1 aliphatic heterocycles. The minimum Gasteiger partial charge on any atom is -0.466 e. The predicted molar refractivity (Wildman–Crippen MR) is 64.6 cm³/mol. The lowest BCUT2D eigenvalue weighted by atomic mass is 10.1. The molecule has 1 aliphatic rings. The van der Waals surface area contributed by atoms with E-state index in [0.29, 0.717) is 5.56 Å². The number of carbonyl (C=O) groups excluding carboxylic acids is 3. The molecule has 0 spiro atoms. The molecule has 1 aromatic carbocycles. The molecule has 1 heterocycles. The van der Waals surface area contributed by atoms with Crippen LogP contribution in [0.2, 0.25) is 0 Å². The van der Waals surface area contributed by atoms with E-state index in [2.05, 4.69) is 9.47 Å². The fourth-order valence-electron chi connectivity index (χ4n) is 1.64. The van der Waals surface area contributed by atoms with Crippen LogP contribution in [0, 0.1) is 0 Å². The number of benzene rings is 1. The Bertz CT molecular complexity index is 533. The molecular formula is C13H11NO5. The second kappa shape index (κ2) is 5.34. The van der Waals surface area contributed by atoms with Crippen LogP contribution in [0.4, 0.5) is 4.79 Å². The highest BCUT2D eigenvalue weighted by molar-refractivity contribution is 6.08. The molecule has 0 atom stereocenters. The Kier molecular flexibility index (Phi) is 3.61. The number of methoxy groups -OCH3 is 1. The zero-order valence-electron chi connectivity index (χ0n) is 10.2. The summed E-state index contributed by atoms with van der Waals surface area (Å²) >= 11 is 0. The van der Waals surface area contributed by atoms with Crippen LogP contribution >= 0.6 is 0 Å². The molecule has 98 valence electrons. The first-order chi connectivity index (χ1) is 9.13. The van der Waals surface area contributed by atoms with Gasteiger partial charge < -0.3 is 9.47 Å². The lowest BCUT2D eigenvalue weighted by Crippen LogP contribution is -2.28. The van der Waals surface area contributed by atoms with E-state index >= 15 is 0 Å². The minimum absolute atomic E-state index is 0.139. The van der Waals surface area contributed by atoms with E-state index in [1.807, 2.05) is 0 Å². The van der Waals surface area contributed by atoms with Gasteiger partial charge in [-0.15, -0.1) is 0 Å². The van der Waals surface area contributed by atoms with Crippen LogP contribution < -0.4 is 0 Å². The van der Waals surface area contributed by atoms with Gasteiger partial charge in [-0.1, -0.05) is 30.3 Å².